The molecule has 1 aromatic carbocycles. The zero-order valence-corrected chi connectivity index (χ0v) is 17.0. The Morgan fingerprint density at radius 1 is 1.24 bits per heavy atom. The van der Waals surface area contributed by atoms with Crippen molar-refractivity contribution in [1.29, 1.82) is 0 Å². The number of benzene rings is 1. The highest BCUT2D eigenvalue weighted by molar-refractivity contribution is 7.99. The molecule has 0 saturated heterocycles. The lowest BCUT2D eigenvalue weighted by Crippen LogP contribution is -2.14. The SMILES string of the molecule is C=CCn1c(SCC(=O)Nc2ccc(OC)c(OC)c2)nnc1-c1cccnc1. The lowest BCUT2D eigenvalue weighted by Gasteiger charge is -2.11. The van der Waals surface area contributed by atoms with Gasteiger partial charge in [-0.05, 0) is 24.3 Å². The third-order valence-electron chi connectivity index (χ3n) is 3.95. The van der Waals surface area contributed by atoms with Gasteiger partial charge in [0, 0.05) is 36.3 Å². The Morgan fingerprint density at radius 2 is 2.07 bits per heavy atom. The summed E-state index contributed by atoms with van der Waals surface area (Å²) >= 11 is 1.30. The van der Waals surface area contributed by atoms with Gasteiger partial charge in [0.25, 0.3) is 0 Å². The van der Waals surface area contributed by atoms with Gasteiger partial charge in [-0.1, -0.05) is 17.8 Å². The minimum absolute atomic E-state index is 0.168. The van der Waals surface area contributed by atoms with E-state index in [-0.39, 0.29) is 11.7 Å². The molecule has 0 saturated carbocycles. The number of pyridine rings is 1. The highest BCUT2D eigenvalue weighted by Gasteiger charge is 2.15. The Balaban J connectivity index is 1.69. The Labute approximate surface area is 173 Å². The number of thioether (sulfide) groups is 1. The molecule has 2 aromatic heterocycles. The average Bonchev–Trinajstić information content (AvgIpc) is 3.15. The number of carbonyl (C=O) groups is 1. The van der Waals surface area contributed by atoms with Crippen molar-refractivity contribution in [2.75, 3.05) is 25.3 Å². The number of hydrogen-bond donors (Lipinski definition) is 1. The molecule has 0 radical (unpaired) electrons. The molecular formula is C20H21N5O3S. The number of carbonyl (C=O) groups excluding carboxylic acids is 1. The highest BCUT2D eigenvalue weighted by Crippen LogP contribution is 2.30. The van der Waals surface area contributed by atoms with E-state index >= 15 is 0 Å². The van der Waals surface area contributed by atoms with Gasteiger partial charge in [0.15, 0.2) is 22.5 Å². The van der Waals surface area contributed by atoms with E-state index in [1.807, 2.05) is 16.7 Å². The Morgan fingerprint density at radius 3 is 2.76 bits per heavy atom. The summed E-state index contributed by atoms with van der Waals surface area (Å²) in [4.78, 5) is 16.5. The lowest BCUT2D eigenvalue weighted by molar-refractivity contribution is -0.113. The third kappa shape index (κ3) is 4.94. The summed E-state index contributed by atoms with van der Waals surface area (Å²) in [7, 11) is 3.11. The standard InChI is InChI=1S/C20H21N5O3S/c1-4-10-25-19(14-6-5-9-21-12-14)23-24-20(25)29-13-18(26)22-15-7-8-16(27-2)17(11-15)28-3/h4-9,11-12H,1,10,13H2,2-3H3,(H,22,26). The molecular weight excluding hydrogens is 390 g/mol. The van der Waals surface area contributed by atoms with Crippen molar-refractivity contribution in [3.8, 4) is 22.9 Å². The summed E-state index contributed by atoms with van der Waals surface area (Å²) in [5.74, 6) is 1.83. The molecule has 1 amide bonds. The second kappa shape index (κ2) is 9.74. The normalized spacial score (nSPS) is 10.4. The summed E-state index contributed by atoms with van der Waals surface area (Å²) in [6, 6.07) is 8.95. The van der Waals surface area contributed by atoms with Gasteiger partial charge < -0.3 is 14.8 Å². The van der Waals surface area contributed by atoms with E-state index in [0.717, 1.165) is 5.56 Å². The molecule has 29 heavy (non-hydrogen) atoms. The number of hydrogen-bond acceptors (Lipinski definition) is 7. The van der Waals surface area contributed by atoms with E-state index in [4.69, 9.17) is 9.47 Å². The fraction of sp³-hybridized carbons (Fsp3) is 0.200. The highest BCUT2D eigenvalue weighted by atomic mass is 32.2. The van der Waals surface area contributed by atoms with E-state index < -0.39 is 0 Å². The van der Waals surface area contributed by atoms with Gasteiger partial charge in [-0.25, -0.2) is 0 Å². The molecule has 0 aliphatic carbocycles. The molecule has 9 heteroatoms. The summed E-state index contributed by atoms with van der Waals surface area (Å²) in [6.07, 6.45) is 5.19. The van der Waals surface area contributed by atoms with E-state index in [0.29, 0.717) is 34.7 Å². The molecule has 3 aromatic rings. The maximum absolute atomic E-state index is 12.4. The molecule has 0 spiro atoms. The van der Waals surface area contributed by atoms with Crippen molar-refractivity contribution < 1.29 is 14.3 Å². The number of allylic oxidation sites excluding steroid dienone is 1. The van der Waals surface area contributed by atoms with Crippen LogP contribution in [0, 0.1) is 0 Å². The van der Waals surface area contributed by atoms with Crippen molar-refractivity contribution in [2.24, 2.45) is 0 Å². The first-order chi connectivity index (χ1) is 14.2. The fourth-order valence-corrected chi connectivity index (χ4v) is 3.39. The second-order valence-corrected chi connectivity index (χ2v) is 6.80. The molecule has 0 fully saturated rings. The minimum atomic E-state index is -0.168. The van der Waals surface area contributed by atoms with Gasteiger partial charge in [0.1, 0.15) is 0 Å². The molecule has 2 heterocycles. The lowest BCUT2D eigenvalue weighted by atomic mass is 10.2. The topological polar surface area (TPSA) is 91.2 Å². The zero-order valence-electron chi connectivity index (χ0n) is 16.2. The van der Waals surface area contributed by atoms with Crippen LogP contribution in [0.2, 0.25) is 0 Å². The van der Waals surface area contributed by atoms with Gasteiger partial charge in [-0.2, -0.15) is 0 Å². The van der Waals surface area contributed by atoms with Crippen LogP contribution >= 0.6 is 11.8 Å². The van der Waals surface area contributed by atoms with E-state index in [2.05, 4.69) is 27.1 Å². The molecule has 0 aliphatic heterocycles. The first kappa shape index (κ1) is 20.4. The van der Waals surface area contributed by atoms with Crippen LogP contribution in [-0.4, -0.2) is 45.6 Å². The molecule has 0 bridgehead atoms. The molecule has 3 rings (SSSR count). The van der Waals surface area contributed by atoms with Crippen molar-refractivity contribution in [3.05, 3.63) is 55.4 Å². The molecule has 0 unspecified atom stereocenters. The average molecular weight is 411 g/mol. The summed E-state index contributed by atoms with van der Waals surface area (Å²) in [5.41, 5.74) is 1.47. The number of methoxy groups -OCH3 is 2. The number of amides is 1. The first-order valence-corrected chi connectivity index (χ1v) is 9.74. The van der Waals surface area contributed by atoms with Gasteiger partial charge in [-0.3, -0.25) is 14.3 Å². The van der Waals surface area contributed by atoms with E-state index in [1.165, 1.54) is 11.8 Å². The Kier molecular flexibility index (Phi) is 6.85. The first-order valence-electron chi connectivity index (χ1n) is 8.75. The third-order valence-corrected chi connectivity index (χ3v) is 4.91. The number of rotatable bonds is 9. The smallest absolute Gasteiger partial charge is 0.234 e. The number of anilines is 1. The molecule has 0 atom stereocenters. The molecule has 150 valence electrons. The van der Waals surface area contributed by atoms with E-state index in [9.17, 15) is 4.79 Å². The van der Waals surface area contributed by atoms with Crippen LogP contribution < -0.4 is 14.8 Å². The summed E-state index contributed by atoms with van der Waals surface area (Å²) < 4.78 is 12.4. The van der Waals surface area contributed by atoms with Gasteiger partial charge in [0.05, 0.1) is 20.0 Å². The maximum atomic E-state index is 12.4. The maximum Gasteiger partial charge on any atom is 0.234 e. The van der Waals surface area contributed by atoms with Crippen LogP contribution in [0.5, 0.6) is 11.5 Å². The second-order valence-electron chi connectivity index (χ2n) is 5.85. The van der Waals surface area contributed by atoms with Crippen molar-refractivity contribution in [1.82, 2.24) is 19.7 Å². The summed E-state index contributed by atoms with van der Waals surface area (Å²) in [5, 5.41) is 12.0. The molecule has 0 aliphatic rings. The van der Waals surface area contributed by atoms with Crippen LogP contribution in [0.15, 0.2) is 60.5 Å². The molecule has 1 N–H and O–H groups in total. The van der Waals surface area contributed by atoms with Crippen molar-refractivity contribution >= 4 is 23.4 Å². The van der Waals surface area contributed by atoms with Gasteiger partial charge >= 0.3 is 0 Å². The summed E-state index contributed by atoms with van der Waals surface area (Å²) in [6.45, 7) is 4.31. The van der Waals surface area contributed by atoms with Crippen LogP contribution in [0.25, 0.3) is 11.4 Å². The molecule has 8 nitrogen and oxygen atoms in total. The van der Waals surface area contributed by atoms with Crippen LogP contribution in [0.4, 0.5) is 5.69 Å². The largest absolute Gasteiger partial charge is 0.493 e. The predicted octanol–water partition coefficient (Wildman–Crippen LogP) is 3.27. The predicted molar refractivity (Wildman–Crippen MR) is 112 cm³/mol. The number of nitrogens with one attached hydrogen (secondary N) is 1. The van der Waals surface area contributed by atoms with Gasteiger partial charge in [0.2, 0.25) is 5.91 Å². The van der Waals surface area contributed by atoms with Crippen LogP contribution in [-0.2, 0) is 11.3 Å². The van der Waals surface area contributed by atoms with Crippen LogP contribution in [0.1, 0.15) is 0 Å². The zero-order chi connectivity index (χ0) is 20.6. The Hall–Kier alpha value is -3.33. The van der Waals surface area contributed by atoms with Crippen LogP contribution in [0.3, 0.4) is 0 Å². The number of nitrogens with zero attached hydrogens (tertiary/aromatic N) is 4. The minimum Gasteiger partial charge on any atom is -0.493 e. The fourth-order valence-electron chi connectivity index (χ4n) is 2.64. The van der Waals surface area contributed by atoms with E-state index in [1.54, 1.807) is 50.9 Å². The van der Waals surface area contributed by atoms with Crippen molar-refractivity contribution in [3.63, 3.8) is 0 Å². The Bertz CT molecular complexity index is 991. The number of aromatic nitrogens is 4. The quantitative estimate of drug-likeness (QED) is 0.427. The number of ether oxygens (including phenoxy) is 2. The van der Waals surface area contributed by atoms with Crippen molar-refractivity contribution in [2.45, 2.75) is 11.7 Å². The monoisotopic (exact) mass is 411 g/mol. The van der Waals surface area contributed by atoms with Gasteiger partial charge in [-0.15, -0.1) is 16.8 Å².